The first kappa shape index (κ1) is 13.5. The summed E-state index contributed by atoms with van der Waals surface area (Å²) in [5.41, 5.74) is 2.54. The van der Waals surface area contributed by atoms with Crippen molar-refractivity contribution >= 4 is 31.5 Å². The largest absolute Gasteiger partial charge is 0.274 e. The lowest BCUT2D eigenvalue weighted by Gasteiger charge is -2.04. The van der Waals surface area contributed by atoms with Crippen LogP contribution in [0.3, 0.4) is 0 Å². The van der Waals surface area contributed by atoms with Crippen LogP contribution in [0.1, 0.15) is 11.4 Å². The molecular formula is C18H18N3S+. The molecule has 0 bridgehead atoms. The molecule has 4 rings (SSSR count). The standard InChI is InChI=1S/C18H18N3S/c1-11-9-17-15(13-7-5-6-8-16(13)22-17)10-14(11)18-20(3)12(2)19-21(18)4/h5-10H,1-4H3/q+1. The Morgan fingerprint density at radius 2 is 1.82 bits per heavy atom. The minimum atomic E-state index is 1.02. The molecule has 0 aliphatic rings. The van der Waals surface area contributed by atoms with Gasteiger partial charge in [0.05, 0.1) is 19.7 Å². The van der Waals surface area contributed by atoms with E-state index in [0.717, 1.165) is 11.6 Å². The van der Waals surface area contributed by atoms with Crippen LogP contribution >= 0.6 is 11.3 Å². The van der Waals surface area contributed by atoms with Gasteiger partial charge in [0.15, 0.2) is 0 Å². The number of aromatic nitrogens is 3. The van der Waals surface area contributed by atoms with E-state index in [9.17, 15) is 0 Å². The van der Waals surface area contributed by atoms with Gasteiger partial charge in [0.1, 0.15) is 0 Å². The summed E-state index contributed by atoms with van der Waals surface area (Å²) >= 11 is 1.86. The number of nitrogens with zero attached hydrogens (tertiary/aromatic N) is 3. The van der Waals surface area contributed by atoms with E-state index in [1.54, 1.807) is 0 Å². The van der Waals surface area contributed by atoms with E-state index in [4.69, 9.17) is 0 Å². The zero-order valence-corrected chi connectivity index (χ0v) is 14.0. The van der Waals surface area contributed by atoms with E-state index < -0.39 is 0 Å². The Morgan fingerprint density at radius 1 is 1.05 bits per heavy atom. The second kappa shape index (κ2) is 4.65. The molecule has 0 atom stereocenters. The fourth-order valence-electron chi connectivity index (χ4n) is 3.17. The third-order valence-corrected chi connectivity index (χ3v) is 5.50. The SMILES string of the molecule is Cc1cc2sc3ccccc3c2cc1-c1n(C)nc(C)[n+]1C. The molecule has 0 fully saturated rings. The van der Waals surface area contributed by atoms with Gasteiger partial charge in [-0.3, -0.25) is 0 Å². The normalized spacial score (nSPS) is 11.6. The fraction of sp³-hybridized carbons (Fsp3) is 0.222. The van der Waals surface area contributed by atoms with Gasteiger partial charge in [-0.15, -0.1) is 16.0 Å². The molecule has 3 nitrogen and oxygen atoms in total. The molecule has 0 aliphatic heterocycles. The van der Waals surface area contributed by atoms with Crippen molar-refractivity contribution in [3.8, 4) is 11.4 Å². The Hall–Kier alpha value is -2.20. The molecule has 0 aliphatic carbocycles. The van der Waals surface area contributed by atoms with Crippen molar-refractivity contribution in [3.05, 3.63) is 47.8 Å². The molecule has 0 saturated heterocycles. The van der Waals surface area contributed by atoms with Crippen LogP contribution in [0.15, 0.2) is 36.4 Å². The predicted octanol–water partition coefficient (Wildman–Crippen LogP) is 3.90. The van der Waals surface area contributed by atoms with Gasteiger partial charge in [-0.25, -0.2) is 4.57 Å². The highest BCUT2D eigenvalue weighted by molar-refractivity contribution is 7.25. The maximum atomic E-state index is 4.54. The summed E-state index contributed by atoms with van der Waals surface area (Å²) in [7, 11) is 4.09. The summed E-state index contributed by atoms with van der Waals surface area (Å²) in [6.45, 7) is 4.22. The Kier molecular flexibility index (Phi) is 2.84. The first-order valence-corrected chi connectivity index (χ1v) is 8.20. The maximum absolute atomic E-state index is 4.54. The summed E-state index contributed by atoms with van der Waals surface area (Å²) in [6.07, 6.45) is 0. The van der Waals surface area contributed by atoms with Gasteiger partial charge in [0, 0.05) is 32.2 Å². The molecule has 0 unspecified atom stereocenters. The van der Waals surface area contributed by atoms with Gasteiger partial charge in [0.2, 0.25) is 0 Å². The third-order valence-electron chi connectivity index (χ3n) is 4.37. The topological polar surface area (TPSA) is 21.7 Å². The number of thiophene rings is 1. The Balaban J connectivity index is 2.10. The van der Waals surface area contributed by atoms with Crippen LogP contribution < -0.4 is 4.57 Å². The molecule has 0 N–H and O–H groups in total. The number of rotatable bonds is 1. The first-order chi connectivity index (χ1) is 10.6. The molecule has 2 aromatic heterocycles. The summed E-state index contributed by atoms with van der Waals surface area (Å²) in [6, 6.07) is 13.3. The zero-order valence-electron chi connectivity index (χ0n) is 13.2. The first-order valence-electron chi connectivity index (χ1n) is 7.38. The van der Waals surface area contributed by atoms with Crippen LogP contribution in [0.2, 0.25) is 0 Å². The molecule has 2 aromatic carbocycles. The highest BCUT2D eigenvalue weighted by atomic mass is 32.1. The lowest BCUT2D eigenvalue weighted by molar-refractivity contribution is -0.667. The van der Waals surface area contributed by atoms with E-state index in [2.05, 4.69) is 60.0 Å². The highest BCUT2D eigenvalue weighted by Gasteiger charge is 2.22. The van der Waals surface area contributed by atoms with Gasteiger partial charge in [0.25, 0.3) is 11.6 Å². The van der Waals surface area contributed by atoms with Gasteiger partial charge in [-0.05, 0) is 30.7 Å². The quantitative estimate of drug-likeness (QED) is 0.489. The Bertz CT molecular complexity index is 1020. The van der Waals surface area contributed by atoms with E-state index in [1.807, 2.05) is 30.0 Å². The average molecular weight is 308 g/mol. The number of benzene rings is 2. The smallest absolute Gasteiger partial charge is 0.231 e. The minimum Gasteiger partial charge on any atom is -0.231 e. The average Bonchev–Trinajstić information content (AvgIpc) is 2.96. The van der Waals surface area contributed by atoms with Gasteiger partial charge < -0.3 is 0 Å². The lowest BCUT2D eigenvalue weighted by Crippen LogP contribution is -2.32. The van der Waals surface area contributed by atoms with Crippen LogP contribution in [0, 0.1) is 13.8 Å². The van der Waals surface area contributed by atoms with Crippen molar-refractivity contribution < 1.29 is 4.57 Å². The van der Waals surface area contributed by atoms with E-state index >= 15 is 0 Å². The van der Waals surface area contributed by atoms with Crippen molar-refractivity contribution in [2.75, 3.05) is 0 Å². The van der Waals surface area contributed by atoms with Gasteiger partial charge in [-0.2, -0.15) is 0 Å². The Labute approximate surface area is 133 Å². The third kappa shape index (κ3) is 1.80. The van der Waals surface area contributed by atoms with E-state index in [-0.39, 0.29) is 0 Å². The van der Waals surface area contributed by atoms with Crippen LogP contribution in [-0.4, -0.2) is 9.78 Å². The van der Waals surface area contributed by atoms with E-state index in [1.165, 1.54) is 31.3 Å². The minimum absolute atomic E-state index is 1.02. The molecule has 4 heteroatoms. The summed E-state index contributed by atoms with van der Waals surface area (Å²) in [4.78, 5) is 0. The molecule has 22 heavy (non-hydrogen) atoms. The molecule has 0 radical (unpaired) electrons. The lowest BCUT2D eigenvalue weighted by atomic mass is 10.0. The molecule has 110 valence electrons. The number of hydrogen-bond acceptors (Lipinski definition) is 2. The molecular weight excluding hydrogens is 290 g/mol. The van der Waals surface area contributed by atoms with Crippen LogP contribution in [0.25, 0.3) is 31.6 Å². The van der Waals surface area contributed by atoms with Crippen molar-refractivity contribution in [1.82, 2.24) is 9.78 Å². The number of hydrogen-bond donors (Lipinski definition) is 0. The molecule has 4 aromatic rings. The maximum Gasteiger partial charge on any atom is 0.274 e. The second-order valence-corrected chi connectivity index (χ2v) is 6.90. The van der Waals surface area contributed by atoms with Crippen LogP contribution in [0.5, 0.6) is 0 Å². The second-order valence-electron chi connectivity index (χ2n) is 5.81. The zero-order chi connectivity index (χ0) is 15.4. The predicted molar refractivity (Wildman–Crippen MR) is 92.2 cm³/mol. The van der Waals surface area contributed by atoms with Crippen LogP contribution in [0.4, 0.5) is 0 Å². The fourth-order valence-corrected chi connectivity index (χ4v) is 4.36. The molecule has 2 heterocycles. The number of aryl methyl sites for hydroxylation is 3. The monoisotopic (exact) mass is 308 g/mol. The number of fused-ring (bicyclic) bond motifs is 3. The summed E-state index contributed by atoms with van der Waals surface area (Å²) in [5.74, 6) is 2.17. The molecule has 0 saturated carbocycles. The van der Waals surface area contributed by atoms with Crippen molar-refractivity contribution in [2.45, 2.75) is 13.8 Å². The van der Waals surface area contributed by atoms with Crippen LogP contribution in [-0.2, 0) is 14.1 Å². The summed E-state index contributed by atoms with van der Waals surface area (Å²) in [5, 5.41) is 7.21. The van der Waals surface area contributed by atoms with Crippen molar-refractivity contribution in [3.63, 3.8) is 0 Å². The molecule has 0 amide bonds. The van der Waals surface area contributed by atoms with Crippen molar-refractivity contribution in [2.24, 2.45) is 14.1 Å². The molecule has 0 spiro atoms. The van der Waals surface area contributed by atoms with Gasteiger partial charge in [-0.1, -0.05) is 18.2 Å². The summed E-state index contributed by atoms with van der Waals surface area (Å²) < 4.78 is 6.82. The Morgan fingerprint density at radius 3 is 2.55 bits per heavy atom. The van der Waals surface area contributed by atoms with E-state index in [0.29, 0.717) is 0 Å². The van der Waals surface area contributed by atoms with Gasteiger partial charge >= 0.3 is 0 Å². The van der Waals surface area contributed by atoms with Crippen molar-refractivity contribution in [1.29, 1.82) is 0 Å². The highest BCUT2D eigenvalue weighted by Crippen LogP contribution is 2.37.